The molecule has 0 heterocycles. The zero-order valence-corrected chi connectivity index (χ0v) is 10.6. The molecule has 0 saturated heterocycles. The molecule has 0 unspecified atom stereocenters. The number of halogens is 1. The monoisotopic (exact) mass is 290 g/mol. The van der Waals surface area contributed by atoms with Crippen molar-refractivity contribution in [1.29, 1.82) is 0 Å². The van der Waals surface area contributed by atoms with Crippen LogP contribution in [0.4, 0.5) is 5.69 Å². The Kier molecular flexibility index (Phi) is 4.69. The molecule has 0 fully saturated rings. The number of nitrogens with one attached hydrogen (secondary N) is 1. The van der Waals surface area contributed by atoms with Gasteiger partial charge in [0.25, 0.3) is 0 Å². The van der Waals surface area contributed by atoms with Crippen LogP contribution in [0.2, 0.25) is 5.02 Å². The Labute approximate surface area is 108 Å². The van der Waals surface area contributed by atoms with Crippen LogP contribution in [0.25, 0.3) is 0 Å². The standard InChI is InChI=1S/C10H10ClNO5S/c11-7-1-3-8(4-2-7)12-9(13)5-18(16,17)6-10(14)15/h1-4H,5-6H2,(H,12,13)(H,14,15)/p-1. The fourth-order valence-corrected chi connectivity index (χ4v) is 2.22. The van der Waals surface area contributed by atoms with Gasteiger partial charge in [-0.25, -0.2) is 8.42 Å². The lowest BCUT2D eigenvalue weighted by atomic mass is 10.3. The summed E-state index contributed by atoms with van der Waals surface area (Å²) in [6, 6.07) is 6.02. The number of carboxylic acids is 1. The smallest absolute Gasteiger partial charge is 0.239 e. The van der Waals surface area contributed by atoms with Crippen molar-refractivity contribution in [2.45, 2.75) is 0 Å². The Balaban J connectivity index is 2.62. The van der Waals surface area contributed by atoms with E-state index in [1.54, 1.807) is 0 Å². The second-order valence-corrected chi connectivity index (χ2v) is 5.96. The number of carbonyl (C=O) groups is 2. The summed E-state index contributed by atoms with van der Waals surface area (Å²) in [5.74, 6) is -4.65. The number of amides is 1. The second-order valence-electron chi connectivity index (χ2n) is 3.46. The molecule has 0 atom stereocenters. The summed E-state index contributed by atoms with van der Waals surface area (Å²) in [5.41, 5.74) is 0.369. The number of anilines is 1. The zero-order valence-electron chi connectivity index (χ0n) is 9.05. The highest BCUT2D eigenvalue weighted by molar-refractivity contribution is 7.92. The summed E-state index contributed by atoms with van der Waals surface area (Å²) in [5, 5.41) is 12.9. The molecule has 0 saturated carbocycles. The molecule has 0 aliphatic carbocycles. The minimum absolute atomic E-state index is 0.369. The van der Waals surface area contributed by atoms with Crippen LogP contribution < -0.4 is 10.4 Å². The van der Waals surface area contributed by atoms with E-state index in [2.05, 4.69) is 5.32 Å². The fraction of sp³-hybridized carbons (Fsp3) is 0.200. The van der Waals surface area contributed by atoms with Crippen LogP contribution >= 0.6 is 11.6 Å². The predicted molar refractivity (Wildman–Crippen MR) is 63.7 cm³/mol. The van der Waals surface area contributed by atoms with Gasteiger partial charge in [-0.05, 0) is 24.3 Å². The maximum absolute atomic E-state index is 11.4. The number of benzene rings is 1. The SMILES string of the molecule is O=C([O-])CS(=O)(=O)CC(=O)Nc1ccc(Cl)cc1. The van der Waals surface area contributed by atoms with Crippen LogP contribution in [0.3, 0.4) is 0 Å². The number of rotatable bonds is 5. The van der Waals surface area contributed by atoms with Gasteiger partial charge in [0.15, 0.2) is 9.84 Å². The lowest BCUT2D eigenvalue weighted by molar-refractivity contribution is -0.301. The van der Waals surface area contributed by atoms with Gasteiger partial charge in [-0.15, -0.1) is 0 Å². The second kappa shape index (κ2) is 5.83. The number of sulfone groups is 1. The van der Waals surface area contributed by atoms with E-state index in [-0.39, 0.29) is 0 Å². The lowest BCUT2D eigenvalue weighted by Gasteiger charge is -2.06. The summed E-state index contributed by atoms with van der Waals surface area (Å²) in [4.78, 5) is 21.5. The molecule has 1 aromatic carbocycles. The van der Waals surface area contributed by atoms with Crippen LogP contribution in [0.1, 0.15) is 0 Å². The molecule has 98 valence electrons. The number of carboxylic acid groups (broad SMARTS) is 1. The van der Waals surface area contributed by atoms with Crippen molar-refractivity contribution < 1.29 is 23.1 Å². The minimum atomic E-state index is -4.01. The van der Waals surface area contributed by atoms with Crippen molar-refractivity contribution in [2.75, 3.05) is 16.8 Å². The molecular weight excluding hydrogens is 282 g/mol. The Morgan fingerprint density at radius 3 is 2.22 bits per heavy atom. The van der Waals surface area contributed by atoms with Crippen LogP contribution in [0.15, 0.2) is 24.3 Å². The van der Waals surface area contributed by atoms with Gasteiger partial charge in [0.05, 0.1) is 11.7 Å². The number of carbonyl (C=O) groups excluding carboxylic acids is 2. The molecule has 1 aromatic rings. The van der Waals surface area contributed by atoms with Crippen LogP contribution in [-0.2, 0) is 19.4 Å². The lowest BCUT2D eigenvalue weighted by Crippen LogP contribution is -2.34. The molecule has 1 N–H and O–H groups in total. The number of hydrogen-bond acceptors (Lipinski definition) is 5. The molecule has 0 radical (unpaired) electrons. The zero-order chi connectivity index (χ0) is 13.8. The molecule has 1 amide bonds. The fourth-order valence-electron chi connectivity index (χ4n) is 1.16. The third-order valence-corrected chi connectivity index (χ3v) is 3.45. The van der Waals surface area contributed by atoms with Crippen LogP contribution in [0.5, 0.6) is 0 Å². The van der Waals surface area contributed by atoms with E-state index in [1.807, 2.05) is 0 Å². The predicted octanol–water partition coefficient (Wildman–Crippen LogP) is -0.557. The minimum Gasteiger partial charge on any atom is -0.549 e. The highest BCUT2D eigenvalue weighted by Crippen LogP contribution is 2.13. The summed E-state index contributed by atoms with van der Waals surface area (Å²) in [6.45, 7) is 0. The topological polar surface area (TPSA) is 103 Å². The number of hydrogen-bond donors (Lipinski definition) is 1. The van der Waals surface area contributed by atoms with E-state index in [4.69, 9.17) is 11.6 Å². The van der Waals surface area contributed by atoms with Crippen molar-refractivity contribution in [3.8, 4) is 0 Å². The van der Waals surface area contributed by atoms with Gasteiger partial charge in [-0.1, -0.05) is 11.6 Å². The van der Waals surface area contributed by atoms with Crippen LogP contribution in [-0.4, -0.2) is 31.8 Å². The van der Waals surface area contributed by atoms with Crippen LogP contribution in [0, 0.1) is 0 Å². The highest BCUT2D eigenvalue weighted by Gasteiger charge is 2.17. The van der Waals surface area contributed by atoms with Crippen molar-refractivity contribution in [1.82, 2.24) is 0 Å². The number of aliphatic carboxylic acids is 1. The molecule has 1 rings (SSSR count). The van der Waals surface area contributed by atoms with Crippen molar-refractivity contribution >= 4 is 39.0 Å². The normalized spacial score (nSPS) is 10.9. The highest BCUT2D eigenvalue weighted by atomic mass is 35.5. The molecule has 0 aromatic heterocycles. The first-order valence-corrected chi connectivity index (χ1v) is 6.94. The quantitative estimate of drug-likeness (QED) is 0.783. The third kappa shape index (κ3) is 5.15. The van der Waals surface area contributed by atoms with E-state index in [9.17, 15) is 23.1 Å². The first-order valence-electron chi connectivity index (χ1n) is 4.74. The first kappa shape index (κ1) is 14.5. The van der Waals surface area contributed by atoms with Crippen molar-refractivity contribution in [3.05, 3.63) is 29.3 Å². The largest absolute Gasteiger partial charge is 0.549 e. The van der Waals surface area contributed by atoms with Gasteiger partial charge in [0, 0.05) is 10.7 Å². The molecule has 8 heteroatoms. The maximum Gasteiger partial charge on any atom is 0.239 e. The van der Waals surface area contributed by atoms with Gasteiger partial charge in [-0.2, -0.15) is 0 Å². The Hall–Kier alpha value is -1.60. The average Bonchev–Trinajstić information content (AvgIpc) is 2.18. The molecule has 6 nitrogen and oxygen atoms in total. The Morgan fingerprint density at radius 2 is 1.72 bits per heavy atom. The van der Waals surface area contributed by atoms with Gasteiger partial charge in [-0.3, -0.25) is 4.79 Å². The molecule has 0 bridgehead atoms. The van der Waals surface area contributed by atoms with Gasteiger partial charge >= 0.3 is 0 Å². The third-order valence-electron chi connectivity index (χ3n) is 1.82. The van der Waals surface area contributed by atoms with Gasteiger partial charge < -0.3 is 15.2 Å². The molecule has 0 aliphatic rings. The molecule has 0 aliphatic heterocycles. The summed E-state index contributed by atoms with van der Waals surface area (Å²) in [7, 11) is -4.01. The van der Waals surface area contributed by atoms with Gasteiger partial charge in [0.2, 0.25) is 5.91 Å². The van der Waals surface area contributed by atoms with Crippen molar-refractivity contribution in [2.24, 2.45) is 0 Å². The van der Waals surface area contributed by atoms with E-state index in [0.717, 1.165) is 0 Å². The average molecular weight is 291 g/mol. The van der Waals surface area contributed by atoms with E-state index in [0.29, 0.717) is 10.7 Å². The summed E-state index contributed by atoms with van der Waals surface area (Å²) < 4.78 is 22.4. The molecular formula is C10H9ClNO5S-. The van der Waals surface area contributed by atoms with Crippen molar-refractivity contribution in [3.63, 3.8) is 0 Å². The Morgan fingerprint density at radius 1 is 1.17 bits per heavy atom. The maximum atomic E-state index is 11.4. The van der Waals surface area contributed by atoms with E-state index in [1.165, 1.54) is 24.3 Å². The summed E-state index contributed by atoms with van der Waals surface area (Å²) in [6.07, 6.45) is 0. The Bertz CT molecular complexity index is 552. The van der Waals surface area contributed by atoms with E-state index < -0.39 is 33.2 Å². The molecule has 0 spiro atoms. The molecule has 18 heavy (non-hydrogen) atoms. The van der Waals surface area contributed by atoms with Gasteiger partial charge in [0.1, 0.15) is 5.75 Å². The summed E-state index contributed by atoms with van der Waals surface area (Å²) >= 11 is 5.63. The first-order chi connectivity index (χ1) is 8.28. The van der Waals surface area contributed by atoms with E-state index >= 15 is 0 Å².